The van der Waals surface area contributed by atoms with Crippen LogP contribution in [0.25, 0.3) is 0 Å². The maximum atomic E-state index is 12.9. The van der Waals surface area contributed by atoms with Gasteiger partial charge in [0, 0.05) is 13.7 Å². The van der Waals surface area contributed by atoms with Gasteiger partial charge in [-0.05, 0) is 25.0 Å². The summed E-state index contributed by atoms with van der Waals surface area (Å²) in [6.07, 6.45) is 0.944. The Hall–Kier alpha value is -2.45. The van der Waals surface area contributed by atoms with E-state index in [0.717, 1.165) is 4.90 Å². The second-order valence-electron chi connectivity index (χ2n) is 5.75. The lowest BCUT2D eigenvalue weighted by Gasteiger charge is -2.27. The fourth-order valence-corrected chi connectivity index (χ4v) is 2.98. The van der Waals surface area contributed by atoms with Gasteiger partial charge in [0.1, 0.15) is 25.1 Å². The van der Waals surface area contributed by atoms with E-state index in [1.165, 1.54) is 0 Å². The van der Waals surface area contributed by atoms with E-state index in [9.17, 15) is 14.4 Å². The highest BCUT2D eigenvalue weighted by atomic mass is 16.5. The van der Waals surface area contributed by atoms with Crippen molar-refractivity contribution < 1.29 is 28.6 Å². The Morgan fingerprint density at radius 1 is 1.24 bits per heavy atom. The molecular formula is C17H20N2O6. The minimum Gasteiger partial charge on any atom is -0.490 e. The number of hydrogen-bond donors (Lipinski definition) is 1. The molecule has 25 heavy (non-hydrogen) atoms. The Morgan fingerprint density at radius 3 is 2.88 bits per heavy atom. The predicted octanol–water partition coefficient (Wildman–Crippen LogP) is 0.560. The summed E-state index contributed by atoms with van der Waals surface area (Å²) >= 11 is 0. The van der Waals surface area contributed by atoms with E-state index >= 15 is 0 Å². The monoisotopic (exact) mass is 348 g/mol. The first kappa shape index (κ1) is 17.4. The number of nitrogens with zero attached hydrogens (tertiary/aromatic N) is 1. The van der Waals surface area contributed by atoms with Crippen molar-refractivity contribution in [3.05, 3.63) is 29.3 Å². The molecule has 0 radical (unpaired) electrons. The summed E-state index contributed by atoms with van der Waals surface area (Å²) in [5.74, 6) is -1.05. The zero-order valence-corrected chi connectivity index (χ0v) is 13.9. The third kappa shape index (κ3) is 3.35. The minimum atomic E-state index is -0.844. The summed E-state index contributed by atoms with van der Waals surface area (Å²) in [7, 11) is 1.55. The van der Waals surface area contributed by atoms with E-state index in [0.29, 0.717) is 31.8 Å². The molecule has 8 nitrogen and oxygen atoms in total. The number of nitrogens with one attached hydrogen (secondary N) is 1. The van der Waals surface area contributed by atoms with Gasteiger partial charge in [0.05, 0.1) is 17.7 Å². The van der Waals surface area contributed by atoms with E-state index in [1.807, 2.05) is 0 Å². The molecule has 0 aliphatic carbocycles. The highest BCUT2D eigenvalue weighted by Gasteiger charge is 2.44. The quantitative estimate of drug-likeness (QED) is 0.617. The molecule has 1 aromatic rings. The Labute approximate surface area is 145 Å². The molecule has 1 N–H and O–H groups in total. The number of methoxy groups -OCH3 is 1. The van der Waals surface area contributed by atoms with Crippen LogP contribution in [0.2, 0.25) is 0 Å². The lowest BCUT2D eigenvalue weighted by molar-refractivity contribution is -0.128. The van der Waals surface area contributed by atoms with Gasteiger partial charge in [-0.25, -0.2) is 0 Å². The largest absolute Gasteiger partial charge is 0.490 e. The van der Waals surface area contributed by atoms with Crippen molar-refractivity contribution in [2.24, 2.45) is 0 Å². The molecule has 1 fully saturated rings. The molecule has 0 bridgehead atoms. The van der Waals surface area contributed by atoms with Crippen LogP contribution in [0.4, 0.5) is 0 Å². The van der Waals surface area contributed by atoms with Gasteiger partial charge in [-0.2, -0.15) is 0 Å². The molecule has 8 heteroatoms. The molecule has 3 rings (SSSR count). The van der Waals surface area contributed by atoms with Gasteiger partial charge >= 0.3 is 0 Å². The third-order valence-electron chi connectivity index (χ3n) is 4.18. The topological polar surface area (TPSA) is 94.2 Å². The summed E-state index contributed by atoms with van der Waals surface area (Å²) in [4.78, 5) is 39.0. The van der Waals surface area contributed by atoms with E-state index in [1.54, 1.807) is 25.3 Å². The Kier molecular flexibility index (Phi) is 5.30. The zero-order chi connectivity index (χ0) is 17.8. The van der Waals surface area contributed by atoms with Crippen LogP contribution in [0.15, 0.2) is 18.2 Å². The highest BCUT2D eigenvalue weighted by Crippen LogP contribution is 2.33. The molecule has 2 aliphatic heterocycles. The molecule has 1 saturated heterocycles. The lowest BCUT2D eigenvalue weighted by Crippen LogP contribution is -2.50. The first-order chi connectivity index (χ1) is 12.1. The number of amides is 3. The predicted molar refractivity (Wildman–Crippen MR) is 86.3 cm³/mol. The Bertz CT molecular complexity index is 690. The fraction of sp³-hybridized carbons (Fsp3) is 0.471. The van der Waals surface area contributed by atoms with Gasteiger partial charge in [-0.3, -0.25) is 19.3 Å². The summed E-state index contributed by atoms with van der Waals surface area (Å²) in [6, 6.07) is 4.02. The first-order valence-corrected chi connectivity index (χ1v) is 8.13. The van der Waals surface area contributed by atoms with Crippen LogP contribution in [0, 0.1) is 0 Å². The van der Waals surface area contributed by atoms with Crippen LogP contribution < -0.4 is 10.1 Å². The number of benzene rings is 1. The van der Waals surface area contributed by atoms with Gasteiger partial charge in [-0.15, -0.1) is 0 Å². The average Bonchev–Trinajstić information content (AvgIpc) is 2.84. The summed E-state index contributed by atoms with van der Waals surface area (Å²) < 4.78 is 15.7. The molecule has 0 spiro atoms. The van der Waals surface area contributed by atoms with E-state index in [2.05, 4.69) is 5.32 Å². The maximum Gasteiger partial charge on any atom is 0.266 e. The standard InChI is InChI=1S/C17H20N2O6/c1-23-8-9-25-13-6-2-4-11-14(13)17(22)19(16(11)21)12-5-3-7-24-10-18-15(12)20/h2,4,6,12H,3,5,7-10H2,1H3,(H,18,20). The molecule has 2 heterocycles. The molecule has 0 aromatic heterocycles. The molecule has 1 unspecified atom stereocenters. The van der Waals surface area contributed by atoms with Gasteiger partial charge in [-0.1, -0.05) is 6.07 Å². The van der Waals surface area contributed by atoms with Crippen molar-refractivity contribution in [2.75, 3.05) is 33.7 Å². The van der Waals surface area contributed by atoms with Crippen molar-refractivity contribution in [1.29, 1.82) is 0 Å². The van der Waals surface area contributed by atoms with Crippen LogP contribution >= 0.6 is 0 Å². The molecule has 3 amide bonds. The van der Waals surface area contributed by atoms with Crippen molar-refractivity contribution in [1.82, 2.24) is 10.2 Å². The van der Waals surface area contributed by atoms with E-state index < -0.39 is 23.8 Å². The third-order valence-corrected chi connectivity index (χ3v) is 4.18. The number of rotatable bonds is 5. The van der Waals surface area contributed by atoms with Crippen molar-refractivity contribution in [3.8, 4) is 5.75 Å². The van der Waals surface area contributed by atoms with Crippen molar-refractivity contribution in [2.45, 2.75) is 18.9 Å². The summed E-state index contributed by atoms with van der Waals surface area (Å²) in [5.41, 5.74) is 0.459. The van der Waals surface area contributed by atoms with Crippen LogP contribution in [0.1, 0.15) is 33.6 Å². The Morgan fingerprint density at radius 2 is 2.08 bits per heavy atom. The summed E-state index contributed by atoms with van der Waals surface area (Å²) in [6.45, 7) is 1.16. The normalized spacial score (nSPS) is 20.8. The lowest BCUT2D eigenvalue weighted by atomic mass is 10.1. The van der Waals surface area contributed by atoms with Gasteiger partial charge < -0.3 is 19.5 Å². The van der Waals surface area contributed by atoms with Crippen molar-refractivity contribution >= 4 is 17.7 Å². The van der Waals surface area contributed by atoms with Crippen LogP contribution in [0.3, 0.4) is 0 Å². The number of carbonyl (C=O) groups excluding carboxylic acids is 3. The molecule has 134 valence electrons. The SMILES string of the molecule is COCCOc1cccc2c1C(=O)N(C1CCCOCNC1=O)C2=O. The smallest absolute Gasteiger partial charge is 0.266 e. The van der Waals surface area contributed by atoms with Gasteiger partial charge in [0.15, 0.2) is 0 Å². The highest BCUT2D eigenvalue weighted by molar-refractivity contribution is 6.24. The second kappa shape index (κ2) is 7.62. The van der Waals surface area contributed by atoms with Gasteiger partial charge in [0.25, 0.3) is 11.8 Å². The van der Waals surface area contributed by atoms with Gasteiger partial charge in [0.2, 0.25) is 5.91 Å². The molecule has 1 atom stereocenters. The van der Waals surface area contributed by atoms with Crippen LogP contribution in [-0.2, 0) is 14.3 Å². The Balaban J connectivity index is 1.88. The number of ether oxygens (including phenoxy) is 3. The summed E-state index contributed by atoms with van der Waals surface area (Å²) in [5, 5.41) is 2.58. The molecule has 2 aliphatic rings. The van der Waals surface area contributed by atoms with Crippen LogP contribution in [0.5, 0.6) is 5.75 Å². The van der Waals surface area contributed by atoms with Crippen LogP contribution in [-0.4, -0.2) is 62.3 Å². The molecular weight excluding hydrogens is 328 g/mol. The number of imide groups is 1. The van der Waals surface area contributed by atoms with E-state index in [-0.39, 0.29) is 24.5 Å². The van der Waals surface area contributed by atoms with E-state index in [4.69, 9.17) is 14.2 Å². The second-order valence-corrected chi connectivity index (χ2v) is 5.75. The minimum absolute atomic E-state index is 0.0733. The first-order valence-electron chi connectivity index (χ1n) is 8.13. The molecule has 0 saturated carbocycles. The average molecular weight is 348 g/mol. The number of hydrogen-bond acceptors (Lipinski definition) is 6. The maximum absolute atomic E-state index is 12.9. The van der Waals surface area contributed by atoms with Crippen molar-refractivity contribution in [3.63, 3.8) is 0 Å². The number of fused-ring (bicyclic) bond motifs is 1. The number of carbonyl (C=O) groups is 3. The molecule has 1 aromatic carbocycles. The zero-order valence-electron chi connectivity index (χ0n) is 13.9. The fourth-order valence-electron chi connectivity index (χ4n) is 2.98.